The molecule has 0 aromatic rings. The minimum atomic E-state index is 0.285. The standard InChI is InChI=1S/C15H28.C2H6/c1-9-15(7,8)13(3)11-10-12(2)14(4,5)6;1-2/h10-11H,9H2,1-8H3;1-2H3/b12-10+,13-11+;. The summed E-state index contributed by atoms with van der Waals surface area (Å²) in [5, 5.41) is 0. The zero-order valence-electron chi connectivity index (χ0n) is 13.9. The van der Waals surface area contributed by atoms with Gasteiger partial charge in [-0.15, -0.1) is 0 Å². The van der Waals surface area contributed by atoms with Gasteiger partial charge in [-0.2, -0.15) is 0 Å². The molecule has 0 unspecified atom stereocenters. The van der Waals surface area contributed by atoms with Crippen molar-refractivity contribution in [3.63, 3.8) is 0 Å². The van der Waals surface area contributed by atoms with Crippen molar-refractivity contribution in [2.45, 2.75) is 75.7 Å². The highest BCUT2D eigenvalue weighted by molar-refractivity contribution is 5.22. The zero-order chi connectivity index (χ0) is 14.3. The van der Waals surface area contributed by atoms with Gasteiger partial charge in [0.25, 0.3) is 0 Å². The fraction of sp³-hybridized carbons (Fsp3) is 0.765. The van der Waals surface area contributed by atoms with Gasteiger partial charge in [0.05, 0.1) is 0 Å². The Morgan fingerprint density at radius 2 is 1.18 bits per heavy atom. The van der Waals surface area contributed by atoms with Crippen LogP contribution in [0.4, 0.5) is 0 Å². The van der Waals surface area contributed by atoms with Crippen molar-refractivity contribution >= 4 is 0 Å². The normalized spacial score (nSPS) is 14.2. The highest BCUT2D eigenvalue weighted by atomic mass is 14.2. The van der Waals surface area contributed by atoms with Gasteiger partial charge in [0.2, 0.25) is 0 Å². The first-order valence-electron chi connectivity index (χ1n) is 6.97. The third-order valence-electron chi connectivity index (χ3n) is 3.72. The second-order valence-corrected chi connectivity index (χ2v) is 6.19. The fourth-order valence-corrected chi connectivity index (χ4v) is 1.00. The quantitative estimate of drug-likeness (QED) is 0.500. The molecule has 0 nitrogen and oxygen atoms in total. The molecule has 0 aliphatic rings. The highest BCUT2D eigenvalue weighted by Gasteiger charge is 2.17. The summed E-state index contributed by atoms with van der Waals surface area (Å²) in [4.78, 5) is 0. The van der Waals surface area contributed by atoms with Gasteiger partial charge in [-0.3, -0.25) is 0 Å². The van der Waals surface area contributed by atoms with Crippen molar-refractivity contribution in [3.05, 3.63) is 23.3 Å². The van der Waals surface area contributed by atoms with Crippen molar-refractivity contribution in [2.24, 2.45) is 10.8 Å². The molecule has 0 fully saturated rings. The van der Waals surface area contributed by atoms with Gasteiger partial charge in [-0.05, 0) is 31.1 Å². The highest BCUT2D eigenvalue weighted by Crippen LogP contribution is 2.30. The smallest absolute Gasteiger partial charge is 0.0147 e. The molecular weight excluding hydrogens is 204 g/mol. The summed E-state index contributed by atoms with van der Waals surface area (Å²) >= 11 is 0. The summed E-state index contributed by atoms with van der Waals surface area (Å²) in [5.41, 5.74) is 3.52. The SMILES string of the molecule is CC.CCC(C)(C)/C(C)=C/C=C(\C)C(C)(C)C. The predicted octanol–water partition coefficient (Wildman–Crippen LogP) is 6.39. The summed E-state index contributed by atoms with van der Waals surface area (Å²) in [6.45, 7) is 22.1. The van der Waals surface area contributed by atoms with E-state index in [2.05, 4.69) is 67.5 Å². The van der Waals surface area contributed by atoms with Crippen LogP contribution in [0.3, 0.4) is 0 Å². The van der Waals surface area contributed by atoms with Crippen molar-refractivity contribution in [1.82, 2.24) is 0 Å². The average molecular weight is 238 g/mol. The van der Waals surface area contributed by atoms with Crippen molar-refractivity contribution in [1.29, 1.82) is 0 Å². The van der Waals surface area contributed by atoms with Crippen molar-refractivity contribution in [2.75, 3.05) is 0 Å². The number of hydrogen-bond donors (Lipinski definition) is 0. The Morgan fingerprint density at radius 1 is 0.824 bits per heavy atom. The lowest BCUT2D eigenvalue weighted by molar-refractivity contribution is 0.429. The number of allylic oxidation sites excluding steroid dienone is 4. The second kappa shape index (κ2) is 7.74. The molecular formula is C17H34. The lowest BCUT2D eigenvalue weighted by Crippen LogP contribution is -2.11. The summed E-state index contributed by atoms with van der Waals surface area (Å²) in [7, 11) is 0. The molecule has 0 heterocycles. The van der Waals surface area contributed by atoms with Gasteiger partial charge in [-0.25, -0.2) is 0 Å². The Bertz CT molecular complexity index is 256. The molecule has 0 saturated heterocycles. The summed E-state index contributed by atoms with van der Waals surface area (Å²) < 4.78 is 0. The first-order valence-corrected chi connectivity index (χ1v) is 6.97. The maximum absolute atomic E-state index is 2.30. The third kappa shape index (κ3) is 7.41. The van der Waals surface area contributed by atoms with E-state index in [4.69, 9.17) is 0 Å². The van der Waals surface area contributed by atoms with Crippen LogP contribution in [0.1, 0.15) is 75.7 Å². The summed E-state index contributed by atoms with van der Waals surface area (Å²) in [6.07, 6.45) is 5.74. The fourth-order valence-electron chi connectivity index (χ4n) is 1.00. The van der Waals surface area contributed by atoms with E-state index in [0.717, 1.165) is 0 Å². The molecule has 102 valence electrons. The molecule has 0 rings (SSSR count). The van der Waals surface area contributed by atoms with Crippen LogP contribution in [-0.2, 0) is 0 Å². The van der Waals surface area contributed by atoms with Crippen molar-refractivity contribution in [3.8, 4) is 0 Å². The minimum Gasteiger partial charge on any atom is -0.0683 e. The molecule has 0 aliphatic carbocycles. The van der Waals surface area contributed by atoms with E-state index in [9.17, 15) is 0 Å². The van der Waals surface area contributed by atoms with Gasteiger partial charge >= 0.3 is 0 Å². The van der Waals surface area contributed by atoms with E-state index < -0.39 is 0 Å². The van der Waals surface area contributed by atoms with Crippen molar-refractivity contribution < 1.29 is 0 Å². The molecule has 0 spiro atoms. The lowest BCUT2D eigenvalue weighted by Gasteiger charge is -2.24. The Kier molecular flexibility index (Phi) is 8.57. The van der Waals surface area contributed by atoms with E-state index in [-0.39, 0.29) is 5.41 Å². The maximum atomic E-state index is 2.30. The molecule has 0 aromatic carbocycles. The minimum absolute atomic E-state index is 0.285. The Hall–Kier alpha value is -0.520. The molecule has 17 heavy (non-hydrogen) atoms. The predicted molar refractivity (Wildman–Crippen MR) is 82.4 cm³/mol. The largest absolute Gasteiger partial charge is 0.0683 e. The van der Waals surface area contributed by atoms with Crippen LogP contribution in [-0.4, -0.2) is 0 Å². The van der Waals surface area contributed by atoms with Crippen LogP contribution in [0, 0.1) is 10.8 Å². The molecule has 0 aromatic heterocycles. The molecule has 0 bridgehead atoms. The molecule has 0 aliphatic heterocycles. The Morgan fingerprint density at radius 3 is 1.47 bits per heavy atom. The second-order valence-electron chi connectivity index (χ2n) is 6.19. The van der Waals surface area contributed by atoms with E-state index in [1.165, 1.54) is 17.6 Å². The van der Waals surface area contributed by atoms with Crippen LogP contribution in [0.2, 0.25) is 0 Å². The Labute approximate surface area is 110 Å². The van der Waals surface area contributed by atoms with Gasteiger partial charge in [0.1, 0.15) is 0 Å². The molecule has 0 N–H and O–H groups in total. The van der Waals surface area contributed by atoms with Crippen LogP contribution in [0.15, 0.2) is 23.3 Å². The monoisotopic (exact) mass is 238 g/mol. The zero-order valence-corrected chi connectivity index (χ0v) is 13.9. The van der Waals surface area contributed by atoms with Gasteiger partial charge in [-0.1, -0.05) is 78.7 Å². The summed E-state index contributed by atoms with van der Waals surface area (Å²) in [6, 6.07) is 0. The first kappa shape index (κ1) is 18.8. The molecule has 0 amide bonds. The van der Waals surface area contributed by atoms with Crippen LogP contribution in [0.25, 0.3) is 0 Å². The molecule has 0 saturated carbocycles. The van der Waals surface area contributed by atoms with Crippen LogP contribution >= 0.6 is 0 Å². The first-order chi connectivity index (χ1) is 7.61. The van der Waals surface area contributed by atoms with E-state index >= 15 is 0 Å². The van der Waals surface area contributed by atoms with Crippen LogP contribution < -0.4 is 0 Å². The van der Waals surface area contributed by atoms with Gasteiger partial charge < -0.3 is 0 Å². The van der Waals surface area contributed by atoms with Gasteiger partial charge in [0, 0.05) is 0 Å². The van der Waals surface area contributed by atoms with E-state index in [1.54, 1.807) is 0 Å². The number of hydrogen-bond acceptors (Lipinski definition) is 0. The molecule has 0 heteroatoms. The topological polar surface area (TPSA) is 0 Å². The van der Waals surface area contributed by atoms with E-state index in [0.29, 0.717) is 5.41 Å². The average Bonchev–Trinajstić information content (AvgIpc) is 2.26. The molecule has 0 radical (unpaired) electrons. The Balaban J connectivity index is 0. The summed E-state index contributed by atoms with van der Waals surface area (Å²) in [5.74, 6) is 0. The molecule has 0 atom stereocenters. The lowest BCUT2D eigenvalue weighted by atomic mass is 9.81. The van der Waals surface area contributed by atoms with Gasteiger partial charge in [0.15, 0.2) is 0 Å². The third-order valence-corrected chi connectivity index (χ3v) is 3.72. The maximum Gasteiger partial charge on any atom is -0.0147 e. The van der Waals surface area contributed by atoms with E-state index in [1.807, 2.05) is 13.8 Å². The number of rotatable bonds is 3. The van der Waals surface area contributed by atoms with Crippen LogP contribution in [0.5, 0.6) is 0 Å².